The Morgan fingerprint density at radius 2 is 2.04 bits per heavy atom. The van der Waals surface area contributed by atoms with Crippen LogP contribution < -0.4 is 14.8 Å². The summed E-state index contributed by atoms with van der Waals surface area (Å²) in [6.07, 6.45) is 5.56. The van der Waals surface area contributed by atoms with Gasteiger partial charge in [-0.3, -0.25) is 9.78 Å². The number of allylic oxidation sites excluding steroid dienone is 1. The van der Waals surface area contributed by atoms with E-state index >= 15 is 0 Å². The molecule has 0 radical (unpaired) electrons. The van der Waals surface area contributed by atoms with Gasteiger partial charge in [-0.05, 0) is 30.7 Å². The average Bonchev–Trinajstić information content (AvgIpc) is 3.21. The minimum atomic E-state index is -0.296. The van der Waals surface area contributed by atoms with Gasteiger partial charge in [0.2, 0.25) is 11.7 Å². The van der Waals surface area contributed by atoms with E-state index in [1.807, 2.05) is 0 Å². The van der Waals surface area contributed by atoms with Gasteiger partial charge in [0.15, 0.2) is 11.5 Å². The van der Waals surface area contributed by atoms with Crippen LogP contribution in [0.15, 0.2) is 53.8 Å². The van der Waals surface area contributed by atoms with Crippen LogP contribution >= 0.6 is 0 Å². The van der Waals surface area contributed by atoms with Gasteiger partial charge in [0, 0.05) is 29.1 Å². The van der Waals surface area contributed by atoms with Gasteiger partial charge < -0.3 is 19.3 Å². The molecule has 3 aromatic rings. The van der Waals surface area contributed by atoms with Gasteiger partial charge in [0.1, 0.15) is 0 Å². The van der Waals surface area contributed by atoms with E-state index in [1.54, 1.807) is 49.8 Å². The molecule has 8 heteroatoms. The van der Waals surface area contributed by atoms with Crippen molar-refractivity contribution in [2.75, 3.05) is 14.2 Å². The molecule has 3 rings (SSSR count). The zero-order chi connectivity index (χ0) is 19.9. The topological polar surface area (TPSA) is 99.4 Å². The van der Waals surface area contributed by atoms with Crippen LogP contribution in [0.4, 0.5) is 0 Å². The largest absolute Gasteiger partial charge is 0.493 e. The highest BCUT2D eigenvalue weighted by atomic mass is 16.5. The van der Waals surface area contributed by atoms with E-state index < -0.39 is 0 Å². The lowest BCUT2D eigenvalue weighted by atomic mass is 10.0. The summed E-state index contributed by atoms with van der Waals surface area (Å²) >= 11 is 0. The molecule has 0 bridgehead atoms. The van der Waals surface area contributed by atoms with E-state index in [2.05, 4.69) is 27.0 Å². The van der Waals surface area contributed by atoms with Crippen LogP contribution in [-0.4, -0.2) is 35.3 Å². The molecule has 144 valence electrons. The number of methoxy groups -OCH3 is 2. The van der Waals surface area contributed by atoms with Crippen molar-refractivity contribution in [3.8, 4) is 22.9 Å². The molecule has 0 aliphatic rings. The molecule has 0 aliphatic carbocycles. The molecule has 0 saturated carbocycles. The second-order valence-electron chi connectivity index (χ2n) is 5.79. The van der Waals surface area contributed by atoms with Crippen molar-refractivity contribution in [1.82, 2.24) is 20.4 Å². The summed E-state index contributed by atoms with van der Waals surface area (Å²) in [5.74, 6) is 1.50. The van der Waals surface area contributed by atoms with E-state index in [4.69, 9.17) is 14.0 Å². The summed E-state index contributed by atoms with van der Waals surface area (Å²) in [6.45, 7) is 3.84. The Hall–Kier alpha value is -3.68. The van der Waals surface area contributed by atoms with Crippen molar-refractivity contribution >= 4 is 5.91 Å². The SMILES string of the molecule is C=CCc1cc(C(=O)NCc2nc(-c3ccncc3)no2)cc(OC)c1OC. The van der Waals surface area contributed by atoms with Crippen LogP contribution in [0.5, 0.6) is 11.5 Å². The van der Waals surface area contributed by atoms with Crippen LogP contribution in [0.3, 0.4) is 0 Å². The fourth-order valence-corrected chi connectivity index (χ4v) is 2.68. The Labute approximate surface area is 162 Å². The summed E-state index contributed by atoms with van der Waals surface area (Å²) in [7, 11) is 3.08. The zero-order valence-corrected chi connectivity index (χ0v) is 15.6. The highest BCUT2D eigenvalue weighted by Gasteiger charge is 2.16. The van der Waals surface area contributed by atoms with E-state index in [0.29, 0.717) is 35.2 Å². The number of carbonyl (C=O) groups is 1. The second kappa shape index (κ2) is 8.81. The Morgan fingerprint density at radius 3 is 2.71 bits per heavy atom. The summed E-state index contributed by atoms with van der Waals surface area (Å²) in [5.41, 5.74) is 2.02. The summed E-state index contributed by atoms with van der Waals surface area (Å²) in [4.78, 5) is 20.8. The Balaban J connectivity index is 1.74. The lowest BCUT2D eigenvalue weighted by molar-refractivity contribution is 0.0945. The first-order chi connectivity index (χ1) is 13.7. The molecule has 28 heavy (non-hydrogen) atoms. The fourth-order valence-electron chi connectivity index (χ4n) is 2.68. The number of benzene rings is 1. The normalized spacial score (nSPS) is 10.4. The number of aromatic nitrogens is 3. The molecule has 2 heterocycles. The molecule has 0 fully saturated rings. The van der Waals surface area contributed by atoms with Crippen molar-refractivity contribution in [3.05, 3.63) is 66.3 Å². The van der Waals surface area contributed by atoms with Crippen molar-refractivity contribution in [2.24, 2.45) is 0 Å². The van der Waals surface area contributed by atoms with Gasteiger partial charge in [-0.2, -0.15) is 4.98 Å². The van der Waals surface area contributed by atoms with E-state index in [1.165, 1.54) is 7.11 Å². The predicted molar refractivity (Wildman–Crippen MR) is 102 cm³/mol. The Bertz CT molecular complexity index is 970. The predicted octanol–water partition coefficient (Wildman–Crippen LogP) is 2.81. The number of amides is 1. The number of nitrogens with one attached hydrogen (secondary N) is 1. The van der Waals surface area contributed by atoms with Crippen LogP contribution in [-0.2, 0) is 13.0 Å². The molecule has 0 saturated heterocycles. The third-order valence-corrected chi connectivity index (χ3v) is 3.99. The molecule has 1 aromatic carbocycles. The molecule has 0 spiro atoms. The van der Waals surface area contributed by atoms with Gasteiger partial charge in [-0.15, -0.1) is 6.58 Å². The number of hydrogen-bond donors (Lipinski definition) is 1. The van der Waals surface area contributed by atoms with Crippen molar-refractivity contribution in [1.29, 1.82) is 0 Å². The average molecular weight is 380 g/mol. The van der Waals surface area contributed by atoms with Crippen LogP contribution in [0.1, 0.15) is 21.8 Å². The smallest absolute Gasteiger partial charge is 0.251 e. The maximum Gasteiger partial charge on any atom is 0.251 e. The molecule has 8 nitrogen and oxygen atoms in total. The van der Waals surface area contributed by atoms with Gasteiger partial charge in [-0.1, -0.05) is 11.2 Å². The summed E-state index contributed by atoms with van der Waals surface area (Å²) in [6, 6.07) is 6.92. The van der Waals surface area contributed by atoms with Crippen molar-refractivity contribution < 1.29 is 18.8 Å². The van der Waals surface area contributed by atoms with E-state index in [-0.39, 0.29) is 12.5 Å². The first-order valence-electron chi connectivity index (χ1n) is 8.53. The van der Waals surface area contributed by atoms with Crippen molar-refractivity contribution in [3.63, 3.8) is 0 Å². The van der Waals surface area contributed by atoms with Gasteiger partial charge >= 0.3 is 0 Å². The lowest BCUT2D eigenvalue weighted by Crippen LogP contribution is -2.23. The maximum atomic E-state index is 12.6. The Kier molecular flexibility index (Phi) is 6.01. The molecular formula is C20H20N4O4. The molecule has 1 N–H and O–H groups in total. The third kappa shape index (κ3) is 4.17. The van der Waals surface area contributed by atoms with Gasteiger partial charge in [0.05, 0.1) is 20.8 Å². The summed E-state index contributed by atoms with van der Waals surface area (Å²) < 4.78 is 15.9. The third-order valence-electron chi connectivity index (χ3n) is 3.99. The highest BCUT2D eigenvalue weighted by Crippen LogP contribution is 2.33. The molecule has 2 aromatic heterocycles. The number of carbonyl (C=O) groups excluding carboxylic acids is 1. The minimum absolute atomic E-state index is 0.0993. The number of nitrogens with zero attached hydrogens (tertiary/aromatic N) is 3. The highest BCUT2D eigenvalue weighted by molar-refractivity contribution is 5.95. The quantitative estimate of drug-likeness (QED) is 0.600. The standard InChI is InChI=1S/C20H20N4O4/c1-4-5-14-10-15(11-16(26-2)18(14)27-3)20(25)22-12-17-23-19(24-28-17)13-6-8-21-9-7-13/h4,6-11H,1,5,12H2,2-3H3,(H,22,25). The Morgan fingerprint density at radius 1 is 1.25 bits per heavy atom. The van der Waals surface area contributed by atoms with Crippen LogP contribution in [0.2, 0.25) is 0 Å². The minimum Gasteiger partial charge on any atom is -0.493 e. The molecule has 0 atom stereocenters. The molecule has 0 aliphatic heterocycles. The first kappa shape index (κ1) is 19.1. The van der Waals surface area contributed by atoms with E-state index in [9.17, 15) is 4.79 Å². The number of rotatable bonds is 8. The molecule has 0 unspecified atom stereocenters. The van der Waals surface area contributed by atoms with Crippen LogP contribution in [0, 0.1) is 0 Å². The first-order valence-corrected chi connectivity index (χ1v) is 8.53. The number of pyridine rings is 1. The van der Waals surface area contributed by atoms with Crippen molar-refractivity contribution in [2.45, 2.75) is 13.0 Å². The molecule has 1 amide bonds. The number of ether oxygens (including phenoxy) is 2. The maximum absolute atomic E-state index is 12.6. The second-order valence-corrected chi connectivity index (χ2v) is 5.79. The van der Waals surface area contributed by atoms with Gasteiger partial charge in [0.25, 0.3) is 5.91 Å². The molecular weight excluding hydrogens is 360 g/mol. The fraction of sp³-hybridized carbons (Fsp3) is 0.200. The lowest BCUT2D eigenvalue weighted by Gasteiger charge is -2.14. The zero-order valence-electron chi connectivity index (χ0n) is 15.6. The number of hydrogen-bond acceptors (Lipinski definition) is 7. The summed E-state index contributed by atoms with van der Waals surface area (Å²) in [5, 5.41) is 6.68. The van der Waals surface area contributed by atoms with Gasteiger partial charge in [-0.25, -0.2) is 0 Å². The van der Waals surface area contributed by atoms with Crippen LogP contribution in [0.25, 0.3) is 11.4 Å². The monoisotopic (exact) mass is 380 g/mol. The van der Waals surface area contributed by atoms with E-state index in [0.717, 1.165) is 11.1 Å².